The summed E-state index contributed by atoms with van der Waals surface area (Å²) in [5, 5.41) is 6.71. The predicted octanol–water partition coefficient (Wildman–Crippen LogP) is 3.04. The maximum Gasteiger partial charge on any atom is 0.435 e. The second-order valence-corrected chi connectivity index (χ2v) is 4.44. The normalized spacial score (nSPS) is 12.0. The Morgan fingerprint density at radius 1 is 1.35 bits per heavy atom. The van der Waals surface area contributed by atoms with Crippen LogP contribution < -0.4 is 5.32 Å². The molecule has 110 valence electrons. The van der Waals surface area contributed by atoms with Crippen molar-refractivity contribution < 1.29 is 17.6 Å². The minimum atomic E-state index is -4.41. The van der Waals surface area contributed by atoms with Crippen LogP contribution in [0.3, 0.4) is 0 Å². The Kier molecular flexibility index (Phi) is 4.49. The van der Waals surface area contributed by atoms with Crippen LogP contribution in [0.2, 0.25) is 0 Å². The van der Waals surface area contributed by atoms with Gasteiger partial charge in [0.2, 0.25) is 0 Å². The van der Waals surface area contributed by atoms with Crippen LogP contribution in [0.25, 0.3) is 0 Å². The number of rotatable bonds is 6. The Morgan fingerprint density at radius 3 is 2.80 bits per heavy atom. The van der Waals surface area contributed by atoms with Crippen LogP contribution in [0.4, 0.5) is 13.2 Å². The largest absolute Gasteiger partial charge is 0.468 e. The van der Waals surface area contributed by atoms with Gasteiger partial charge < -0.3 is 9.73 Å². The van der Waals surface area contributed by atoms with E-state index in [0.717, 1.165) is 30.4 Å². The molecule has 0 saturated carbocycles. The zero-order valence-electron chi connectivity index (χ0n) is 11.1. The van der Waals surface area contributed by atoms with Gasteiger partial charge in [-0.15, -0.1) is 0 Å². The third-order valence-corrected chi connectivity index (χ3v) is 2.81. The van der Waals surface area contributed by atoms with Gasteiger partial charge in [-0.3, -0.25) is 4.68 Å². The number of alkyl halides is 3. The molecule has 7 heteroatoms. The highest BCUT2D eigenvalue weighted by atomic mass is 19.4. The van der Waals surface area contributed by atoms with Crippen molar-refractivity contribution in [3.8, 4) is 0 Å². The molecule has 0 aliphatic rings. The first-order valence-electron chi connectivity index (χ1n) is 6.37. The quantitative estimate of drug-likeness (QED) is 0.830. The summed E-state index contributed by atoms with van der Waals surface area (Å²) in [6.45, 7) is 3.73. The number of hydrogen-bond donors (Lipinski definition) is 1. The Labute approximate surface area is 114 Å². The molecular weight excluding hydrogens is 271 g/mol. The number of nitrogens with zero attached hydrogens (tertiary/aromatic N) is 2. The summed E-state index contributed by atoms with van der Waals surface area (Å²) in [6.07, 6.45) is -0.553. The fourth-order valence-electron chi connectivity index (χ4n) is 1.82. The van der Waals surface area contributed by atoms with Crippen LogP contribution in [0.1, 0.15) is 30.4 Å². The molecule has 0 aliphatic carbocycles. The van der Waals surface area contributed by atoms with Crippen molar-refractivity contribution in [3.05, 3.63) is 41.6 Å². The molecule has 1 N–H and O–H groups in total. The molecular formula is C13H16F3N3O. The zero-order chi connectivity index (χ0) is 14.6. The lowest BCUT2D eigenvalue weighted by atomic mass is 10.2. The summed E-state index contributed by atoms with van der Waals surface area (Å²) in [6, 6.07) is 2.72. The zero-order valence-corrected chi connectivity index (χ0v) is 11.1. The lowest BCUT2D eigenvalue weighted by molar-refractivity contribution is -0.141. The molecule has 0 fully saturated rings. The third kappa shape index (κ3) is 3.63. The van der Waals surface area contributed by atoms with E-state index in [2.05, 4.69) is 17.3 Å². The van der Waals surface area contributed by atoms with Gasteiger partial charge >= 0.3 is 6.18 Å². The molecule has 4 nitrogen and oxygen atoms in total. The molecule has 0 aromatic carbocycles. The van der Waals surface area contributed by atoms with Gasteiger partial charge in [-0.25, -0.2) is 0 Å². The number of nitrogens with one attached hydrogen (secondary N) is 1. The molecule has 0 bridgehead atoms. The summed E-state index contributed by atoms with van der Waals surface area (Å²) in [4.78, 5) is 0. The molecule has 20 heavy (non-hydrogen) atoms. The SMILES string of the molecule is CCCNCc1occc1Cn1ccc(C(F)(F)F)n1. The van der Waals surface area contributed by atoms with Crippen molar-refractivity contribution >= 4 is 0 Å². The lowest BCUT2D eigenvalue weighted by Crippen LogP contribution is -2.15. The summed E-state index contributed by atoms with van der Waals surface area (Å²) in [5.41, 5.74) is -0.0583. The van der Waals surface area contributed by atoms with Crippen LogP contribution in [0, 0.1) is 0 Å². The first kappa shape index (κ1) is 14.6. The van der Waals surface area contributed by atoms with Gasteiger partial charge in [0.05, 0.1) is 19.4 Å². The van der Waals surface area contributed by atoms with Gasteiger partial charge in [-0.1, -0.05) is 6.92 Å². The van der Waals surface area contributed by atoms with Crippen LogP contribution in [-0.2, 0) is 19.3 Å². The standard InChI is InChI=1S/C13H16F3N3O/c1-2-5-17-8-11-10(4-7-20-11)9-19-6-3-12(18-19)13(14,15)16/h3-4,6-7,17H,2,5,8-9H2,1H3. The predicted molar refractivity (Wildman–Crippen MR) is 67.0 cm³/mol. The van der Waals surface area contributed by atoms with Crippen molar-refractivity contribution in [1.29, 1.82) is 0 Å². The third-order valence-electron chi connectivity index (χ3n) is 2.81. The van der Waals surface area contributed by atoms with Crippen LogP contribution in [0.5, 0.6) is 0 Å². The molecule has 0 unspecified atom stereocenters. The van der Waals surface area contributed by atoms with Gasteiger partial charge in [-0.05, 0) is 25.1 Å². The van der Waals surface area contributed by atoms with Crippen LogP contribution >= 0.6 is 0 Å². The van der Waals surface area contributed by atoms with E-state index in [-0.39, 0.29) is 6.54 Å². The van der Waals surface area contributed by atoms with Crippen molar-refractivity contribution in [2.24, 2.45) is 0 Å². The topological polar surface area (TPSA) is 43.0 Å². The first-order valence-corrected chi connectivity index (χ1v) is 6.37. The molecule has 0 amide bonds. The lowest BCUT2D eigenvalue weighted by Gasteiger charge is -2.05. The van der Waals surface area contributed by atoms with E-state index in [9.17, 15) is 13.2 Å². The highest BCUT2D eigenvalue weighted by Gasteiger charge is 2.33. The van der Waals surface area contributed by atoms with Gasteiger partial charge in [0.15, 0.2) is 5.69 Å². The van der Waals surface area contributed by atoms with E-state index in [1.165, 1.54) is 17.1 Å². The van der Waals surface area contributed by atoms with E-state index < -0.39 is 11.9 Å². The smallest absolute Gasteiger partial charge is 0.435 e. The second-order valence-electron chi connectivity index (χ2n) is 4.44. The van der Waals surface area contributed by atoms with Gasteiger partial charge in [-0.2, -0.15) is 18.3 Å². The molecule has 2 aromatic rings. The highest BCUT2D eigenvalue weighted by Crippen LogP contribution is 2.27. The molecule has 0 atom stereocenters. The fourth-order valence-corrected chi connectivity index (χ4v) is 1.82. The van der Waals surface area contributed by atoms with Gasteiger partial charge in [0.1, 0.15) is 5.76 Å². The van der Waals surface area contributed by atoms with Crippen LogP contribution in [-0.4, -0.2) is 16.3 Å². The van der Waals surface area contributed by atoms with Crippen molar-refractivity contribution in [2.45, 2.75) is 32.6 Å². The van der Waals surface area contributed by atoms with E-state index >= 15 is 0 Å². The Bertz CT molecular complexity index is 545. The van der Waals surface area contributed by atoms with Crippen LogP contribution in [0.15, 0.2) is 29.0 Å². The Balaban J connectivity index is 2.03. The number of halogens is 3. The van der Waals surface area contributed by atoms with Crippen molar-refractivity contribution in [2.75, 3.05) is 6.54 Å². The summed E-state index contributed by atoms with van der Waals surface area (Å²) < 4.78 is 44.0. The average molecular weight is 287 g/mol. The van der Waals surface area contributed by atoms with E-state index in [1.807, 2.05) is 0 Å². The van der Waals surface area contributed by atoms with E-state index in [0.29, 0.717) is 6.54 Å². The number of furan rings is 1. The van der Waals surface area contributed by atoms with Crippen molar-refractivity contribution in [3.63, 3.8) is 0 Å². The maximum absolute atomic E-state index is 12.5. The van der Waals surface area contributed by atoms with Crippen molar-refractivity contribution in [1.82, 2.24) is 15.1 Å². The second kappa shape index (κ2) is 6.13. The highest BCUT2D eigenvalue weighted by molar-refractivity contribution is 5.17. The Morgan fingerprint density at radius 2 is 2.15 bits per heavy atom. The van der Waals surface area contributed by atoms with E-state index in [1.54, 1.807) is 6.07 Å². The molecule has 2 aromatic heterocycles. The molecule has 0 saturated heterocycles. The van der Waals surface area contributed by atoms with E-state index in [4.69, 9.17) is 4.42 Å². The fraction of sp³-hybridized carbons (Fsp3) is 0.462. The summed E-state index contributed by atoms with van der Waals surface area (Å²) in [7, 11) is 0. The van der Waals surface area contributed by atoms with Gasteiger partial charge in [0.25, 0.3) is 0 Å². The molecule has 2 heterocycles. The maximum atomic E-state index is 12.5. The molecule has 2 rings (SSSR count). The molecule has 0 aliphatic heterocycles. The number of hydrogen-bond acceptors (Lipinski definition) is 3. The minimum absolute atomic E-state index is 0.260. The van der Waals surface area contributed by atoms with Gasteiger partial charge in [0, 0.05) is 11.8 Å². The summed E-state index contributed by atoms with van der Waals surface area (Å²) >= 11 is 0. The number of aromatic nitrogens is 2. The molecule has 0 radical (unpaired) electrons. The minimum Gasteiger partial charge on any atom is -0.468 e. The Hall–Kier alpha value is -1.76. The average Bonchev–Trinajstić information content (AvgIpc) is 2.99. The monoisotopic (exact) mass is 287 g/mol. The molecule has 0 spiro atoms. The first-order chi connectivity index (χ1) is 9.50. The summed E-state index contributed by atoms with van der Waals surface area (Å²) in [5.74, 6) is 0.725.